The molecule has 0 saturated heterocycles. The van der Waals surface area contributed by atoms with Gasteiger partial charge in [0, 0.05) is 23.8 Å². The van der Waals surface area contributed by atoms with E-state index in [1.54, 1.807) is 6.20 Å². The van der Waals surface area contributed by atoms with E-state index in [4.69, 9.17) is 11.6 Å². The number of benzene rings is 1. The Morgan fingerprint density at radius 3 is 2.56 bits per heavy atom. The molecule has 2 aromatic rings. The number of pyridine rings is 1. The molecule has 1 aromatic carbocycles. The Morgan fingerprint density at radius 1 is 1.16 bits per heavy atom. The number of hydrogen-bond donors (Lipinski definition) is 2. The maximum Gasteiger partial charge on any atom is 0.251 e. The van der Waals surface area contributed by atoms with Gasteiger partial charge in [-0.05, 0) is 68.5 Å². The van der Waals surface area contributed by atoms with Gasteiger partial charge >= 0.3 is 0 Å². The summed E-state index contributed by atoms with van der Waals surface area (Å²) in [5.74, 6) is 0.168. The van der Waals surface area contributed by atoms with Gasteiger partial charge in [0.05, 0.1) is 5.02 Å². The quantitative estimate of drug-likeness (QED) is 0.851. The third-order valence-electron chi connectivity index (χ3n) is 4.51. The maximum atomic E-state index is 13.2. The Morgan fingerprint density at radius 2 is 1.88 bits per heavy atom. The third-order valence-corrected chi connectivity index (χ3v) is 4.80. The predicted octanol–water partition coefficient (Wildman–Crippen LogP) is 4.34. The summed E-state index contributed by atoms with van der Waals surface area (Å²) < 4.78 is 13.2. The lowest BCUT2D eigenvalue weighted by Crippen LogP contribution is -2.40. The van der Waals surface area contributed by atoms with Crippen LogP contribution in [0, 0.1) is 12.7 Å². The number of rotatable bonds is 4. The van der Waals surface area contributed by atoms with Crippen LogP contribution in [0.25, 0.3) is 0 Å². The van der Waals surface area contributed by atoms with Crippen molar-refractivity contribution in [1.29, 1.82) is 0 Å². The molecule has 1 saturated carbocycles. The SMILES string of the molecule is Cc1ccnc(N[C@H]2CC[C@@H](NC(=O)c3ccc(F)c(Cl)c3)CC2)c1. The standard InChI is InChI=1S/C19H21ClFN3O/c1-12-8-9-22-18(10-12)23-14-3-5-15(6-4-14)24-19(25)13-2-7-17(21)16(20)11-13/h2,7-11,14-15H,3-6H2,1H3,(H,22,23)(H,24,25)/t14-,15+. The van der Waals surface area contributed by atoms with Gasteiger partial charge in [0.2, 0.25) is 0 Å². The highest BCUT2D eigenvalue weighted by atomic mass is 35.5. The summed E-state index contributed by atoms with van der Waals surface area (Å²) in [6.45, 7) is 2.04. The summed E-state index contributed by atoms with van der Waals surface area (Å²) in [4.78, 5) is 16.6. The van der Waals surface area contributed by atoms with Gasteiger partial charge in [-0.3, -0.25) is 4.79 Å². The van der Waals surface area contributed by atoms with Crippen LogP contribution in [0.15, 0.2) is 36.5 Å². The van der Waals surface area contributed by atoms with E-state index in [0.717, 1.165) is 31.5 Å². The van der Waals surface area contributed by atoms with Crippen molar-refractivity contribution in [3.05, 3.63) is 58.5 Å². The Kier molecular flexibility index (Phi) is 5.53. The number of amides is 1. The first-order valence-corrected chi connectivity index (χ1v) is 8.84. The molecule has 4 nitrogen and oxygen atoms in total. The summed E-state index contributed by atoms with van der Waals surface area (Å²) in [6, 6.07) is 8.52. The average Bonchev–Trinajstić information content (AvgIpc) is 2.59. The molecular weight excluding hydrogens is 341 g/mol. The second-order valence-electron chi connectivity index (χ2n) is 6.51. The van der Waals surface area contributed by atoms with Crippen molar-refractivity contribution in [3.8, 4) is 0 Å². The van der Waals surface area contributed by atoms with Crippen molar-refractivity contribution in [2.45, 2.75) is 44.7 Å². The van der Waals surface area contributed by atoms with Gasteiger partial charge in [-0.25, -0.2) is 9.37 Å². The van der Waals surface area contributed by atoms with Crippen LogP contribution < -0.4 is 10.6 Å². The minimum atomic E-state index is -0.519. The van der Waals surface area contributed by atoms with Crippen LogP contribution in [0.1, 0.15) is 41.6 Å². The van der Waals surface area contributed by atoms with Crippen LogP contribution in [0.3, 0.4) is 0 Å². The number of carbonyl (C=O) groups excluding carboxylic acids is 1. The Bertz CT molecular complexity index is 760. The summed E-state index contributed by atoms with van der Waals surface area (Å²) in [6.07, 6.45) is 5.52. The zero-order chi connectivity index (χ0) is 17.8. The topological polar surface area (TPSA) is 54.0 Å². The van der Waals surface area contributed by atoms with Crippen molar-refractivity contribution in [1.82, 2.24) is 10.3 Å². The molecule has 1 amide bonds. The molecule has 1 aromatic heterocycles. The molecule has 0 bridgehead atoms. The second-order valence-corrected chi connectivity index (χ2v) is 6.92. The molecule has 1 fully saturated rings. The van der Waals surface area contributed by atoms with Gasteiger partial charge < -0.3 is 10.6 Å². The molecule has 132 valence electrons. The zero-order valence-corrected chi connectivity index (χ0v) is 14.8. The Balaban J connectivity index is 1.50. The molecule has 0 unspecified atom stereocenters. The lowest BCUT2D eigenvalue weighted by molar-refractivity contribution is 0.0926. The van der Waals surface area contributed by atoms with Gasteiger partial charge in [0.15, 0.2) is 0 Å². The molecule has 2 N–H and O–H groups in total. The second kappa shape index (κ2) is 7.83. The monoisotopic (exact) mass is 361 g/mol. The van der Waals surface area contributed by atoms with E-state index in [2.05, 4.69) is 15.6 Å². The normalized spacial score (nSPS) is 20.1. The van der Waals surface area contributed by atoms with Gasteiger partial charge in [-0.1, -0.05) is 11.6 Å². The first-order chi connectivity index (χ1) is 12.0. The molecule has 0 aliphatic heterocycles. The van der Waals surface area contributed by atoms with Crippen molar-refractivity contribution >= 4 is 23.3 Å². The van der Waals surface area contributed by atoms with Crippen LogP contribution in [0.5, 0.6) is 0 Å². The summed E-state index contributed by atoms with van der Waals surface area (Å²) >= 11 is 5.74. The van der Waals surface area contributed by atoms with Crippen LogP contribution in [-0.2, 0) is 0 Å². The molecule has 1 heterocycles. The molecule has 0 spiro atoms. The van der Waals surface area contributed by atoms with Crippen molar-refractivity contribution in [2.24, 2.45) is 0 Å². The Labute approximate surface area is 151 Å². The Hall–Kier alpha value is -2.14. The first-order valence-electron chi connectivity index (χ1n) is 8.46. The maximum absolute atomic E-state index is 13.2. The molecule has 0 radical (unpaired) electrons. The number of hydrogen-bond acceptors (Lipinski definition) is 3. The van der Waals surface area contributed by atoms with E-state index >= 15 is 0 Å². The van der Waals surface area contributed by atoms with Crippen LogP contribution in [-0.4, -0.2) is 23.0 Å². The lowest BCUT2D eigenvalue weighted by atomic mass is 9.91. The highest BCUT2D eigenvalue weighted by molar-refractivity contribution is 6.31. The van der Waals surface area contributed by atoms with Gasteiger partial charge in [0.1, 0.15) is 11.6 Å². The number of aromatic nitrogens is 1. The van der Waals surface area contributed by atoms with Crippen molar-refractivity contribution in [2.75, 3.05) is 5.32 Å². The van der Waals surface area contributed by atoms with Crippen LogP contribution in [0.4, 0.5) is 10.2 Å². The van der Waals surface area contributed by atoms with E-state index in [0.29, 0.717) is 11.6 Å². The largest absolute Gasteiger partial charge is 0.367 e. The predicted molar refractivity (Wildman–Crippen MR) is 97.5 cm³/mol. The number of nitrogens with one attached hydrogen (secondary N) is 2. The van der Waals surface area contributed by atoms with E-state index in [-0.39, 0.29) is 17.0 Å². The fraction of sp³-hybridized carbons (Fsp3) is 0.368. The van der Waals surface area contributed by atoms with Crippen molar-refractivity contribution < 1.29 is 9.18 Å². The summed E-state index contributed by atoms with van der Waals surface area (Å²) in [7, 11) is 0. The fourth-order valence-corrected chi connectivity index (χ4v) is 3.29. The molecule has 1 aliphatic carbocycles. The van der Waals surface area contributed by atoms with E-state index in [9.17, 15) is 9.18 Å². The molecule has 1 aliphatic rings. The van der Waals surface area contributed by atoms with E-state index in [1.807, 2.05) is 19.1 Å². The lowest BCUT2D eigenvalue weighted by Gasteiger charge is -2.30. The van der Waals surface area contributed by atoms with Crippen LogP contribution in [0.2, 0.25) is 5.02 Å². The molecule has 6 heteroatoms. The molecule has 0 atom stereocenters. The number of carbonyl (C=O) groups is 1. The third kappa shape index (κ3) is 4.69. The fourth-order valence-electron chi connectivity index (χ4n) is 3.11. The smallest absolute Gasteiger partial charge is 0.251 e. The molecular formula is C19H21ClFN3O. The number of nitrogens with zero attached hydrogens (tertiary/aromatic N) is 1. The number of aryl methyl sites for hydroxylation is 1. The van der Waals surface area contributed by atoms with Gasteiger partial charge in [0.25, 0.3) is 5.91 Å². The van der Waals surface area contributed by atoms with Gasteiger partial charge in [-0.2, -0.15) is 0 Å². The average molecular weight is 362 g/mol. The highest BCUT2D eigenvalue weighted by Crippen LogP contribution is 2.23. The minimum absolute atomic E-state index is 0.0359. The molecule has 3 rings (SSSR count). The minimum Gasteiger partial charge on any atom is -0.367 e. The summed E-state index contributed by atoms with van der Waals surface area (Å²) in [5, 5.41) is 6.43. The van der Waals surface area contributed by atoms with Crippen LogP contribution >= 0.6 is 11.6 Å². The van der Waals surface area contributed by atoms with E-state index in [1.165, 1.54) is 23.8 Å². The number of halogens is 2. The first kappa shape index (κ1) is 17.7. The van der Waals surface area contributed by atoms with Gasteiger partial charge in [-0.15, -0.1) is 0 Å². The summed E-state index contributed by atoms with van der Waals surface area (Å²) in [5.41, 5.74) is 1.56. The van der Waals surface area contributed by atoms with Crippen molar-refractivity contribution in [3.63, 3.8) is 0 Å². The zero-order valence-electron chi connectivity index (χ0n) is 14.1. The highest BCUT2D eigenvalue weighted by Gasteiger charge is 2.23. The molecule has 25 heavy (non-hydrogen) atoms. The number of anilines is 1. The van der Waals surface area contributed by atoms with E-state index < -0.39 is 5.82 Å².